The summed E-state index contributed by atoms with van der Waals surface area (Å²) in [6.45, 7) is 6.04. The van der Waals surface area contributed by atoms with Crippen molar-refractivity contribution >= 4 is 29.3 Å². The Morgan fingerprint density at radius 2 is 1.98 bits per heavy atom. The van der Waals surface area contributed by atoms with E-state index in [0.29, 0.717) is 53.3 Å². The molecule has 4 rings (SSSR count). The van der Waals surface area contributed by atoms with Gasteiger partial charge in [-0.15, -0.1) is 0 Å². The van der Waals surface area contributed by atoms with E-state index < -0.39 is 6.10 Å². The van der Waals surface area contributed by atoms with Gasteiger partial charge in [0.1, 0.15) is 0 Å². The standard InChI is InChI=1S/C30H37N7O4/c1-19(15-31-36(6)16-20(2)39)32-28-30(41)35(5)17-26(33-28)24-8-7-9-27(25(24)18-38)37-13-12-21-14-22(34(3)4)10-11-23(21)29(37)40/h7-11,14-15,17,20,38-39H,1,12-13,16,18H2,2-6H3,(H,32,33)/b31-15-. The molecule has 11 heteroatoms. The summed E-state index contributed by atoms with van der Waals surface area (Å²) < 4.78 is 1.40. The summed E-state index contributed by atoms with van der Waals surface area (Å²) in [5.41, 5.74) is 4.80. The molecule has 41 heavy (non-hydrogen) atoms. The summed E-state index contributed by atoms with van der Waals surface area (Å²) in [6.07, 6.45) is 3.17. The van der Waals surface area contributed by atoms with Crippen molar-refractivity contribution in [2.24, 2.45) is 12.1 Å². The van der Waals surface area contributed by atoms with Crippen LogP contribution in [0.3, 0.4) is 0 Å². The lowest BCUT2D eigenvalue weighted by atomic mass is 9.95. The maximum Gasteiger partial charge on any atom is 0.293 e. The molecule has 0 bridgehead atoms. The van der Waals surface area contributed by atoms with E-state index in [1.165, 1.54) is 10.8 Å². The van der Waals surface area contributed by atoms with Crippen LogP contribution in [-0.2, 0) is 20.1 Å². The molecule has 0 aliphatic carbocycles. The molecule has 0 fully saturated rings. The molecule has 1 aromatic heterocycles. The molecule has 0 radical (unpaired) electrons. The second-order valence-electron chi connectivity index (χ2n) is 10.4. The number of hydrogen-bond donors (Lipinski definition) is 3. The number of nitrogens with one attached hydrogen (secondary N) is 1. The number of aryl methyl sites for hydroxylation is 1. The predicted molar refractivity (Wildman–Crippen MR) is 163 cm³/mol. The Morgan fingerprint density at radius 3 is 2.66 bits per heavy atom. The lowest BCUT2D eigenvalue weighted by Crippen LogP contribution is -2.38. The molecule has 3 N–H and O–H groups in total. The number of anilines is 3. The fraction of sp³-hybridized carbons (Fsp3) is 0.333. The Bertz CT molecular complexity index is 1540. The molecule has 1 amide bonds. The zero-order chi connectivity index (χ0) is 29.8. The molecule has 216 valence electrons. The molecule has 1 aliphatic rings. The summed E-state index contributed by atoms with van der Waals surface area (Å²) in [6, 6.07) is 11.3. The first-order valence-corrected chi connectivity index (χ1v) is 13.3. The number of aliphatic hydroxyl groups is 2. The summed E-state index contributed by atoms with van der Waals surface area (Å²) >= 11 is 0. The first-order valence-electron chi connectivity index (χ1n) is 13.3. The van der Waals surface area contributed by atoms with Gasteiger partial charge in [-0.1, -0.05) is 18.7 Å². The smallest absolute Gasteiger partial charge is 0.293 e. The highest BCUT2D eigenvalue weighted by Gasteiger charge is 2.28. The van der Waals surface area contributed by atoms with Crippen molar-refractivity contribution in [2.45, 2.75) is 26.1 Å². The lowest BCUT2D eigenvalue weighted by molar-refractivity contribution is 0.0980. The third-order valence-corrected chi connectivity index (χ3v) is 6.85. The van der Waals surface area contributed by atoms with Crippen LogP contribution in [-0.4, -0.2) is 77.2 Å². The number of rotatable bonds is 10. The maximum absolute atomic E-state index is 13.6. The number of benzene rings is 2. The number of allylic oxidation sites excluding steroid dienone is 1. The van der Waals surface area contributed by atoms with Crippen LogP contribution in [0.4, 0.5) is 17.2 Å². The lowest BCUT2D eigenvalue weighted by Gasteiger charge is -2.31. The molecule has 0 spiro atoms. The number of aliphatic hydroxyl groups excluding tert-OH is 2. The molecular formula is C30H37N7O4. The van der Waals surface area contributed by atoms with Gasteiger partial charge in [0.15, 0.2) is 5.82 Å². The van der Waals surface area contributed by atoms with Gasteiger partial charge in [0.25, 0.3) is 11.5 Å². The quantitative estimate of drug-likeness (QED) is 0.255. The summed E-state index contributed by atoms with van der Waals surface area (Å²) in [5.74, 6) is -0.0936. The minimum atomic E-state index is -0.550. The van der Waals surface area contributed by atoms with Gasteiger partial charge in [-0.2, -0.15) is 5.10 Å². The van der Waals surface area contributed by atoms with Crippen LogP contribution in [0, 0.1) is 0 Å². The average molecular weight is 560 g/mol. The maximum atomic E-state index is 13.6. The fourth-order valence-electron chi connectivity index (χ4n) is 4.82. The van der Waals surface area contributed by atoms with Gasteiger partial charge in [0.2, 0.25) is 0 Å². The molecule has 1 atom stereocenters. The highest BCUT2D eigenvalue weighted by Crippen LogP contribution is 2.34. The Labute approximate surface area is 239 Å². The number of amides is 1. The van der Waals surface area contributed by atoms with Gasteiger partial charge in [-0.25, -0.2) is 4.98 Å². The third kappa shape index (κ3) is 6.47. The summed E-state index contributed by atoms with van der Waals surface area (Å²) in [5, 5.41) is 28.7. The van der Waals surface area contributed by atoms with E-state index >= 15 is 0 Å². The second-order valence-corrected chi connectivity index (χ2v) is 10.4. The first kappa shape index (κ1) is 29.5. The van der Waals surface area contributed by atoms with E-state index in [4.69, 9.17) is 0 Å². The monoisotopic (exact) mass is 559 g/mol. The number of hydrazone groups is 1. The van der Waals surface area contributed by atoms with E-state index in [-0.39, 0.29) is 23.9 Å². The number of fused-ring (bicyclic) bond motifs is 1. The Kier molecular flexibility index (Phi) is 8.89. The second kappa shape index (κ2) is 12.4. The van der Waals surface area contributed by atoms with E-state index in [9.17, 15) is 19.8 Å². The number of hydrogen-bond acceptors (Lipinski definition) is 9. The van der Waals surface area contributed by atoms with E-state index in [1.807, 2.05) is 49.3 Å². The van der Waals surface area contributed by atoms with Gasteiger partial charge in [0.05, 0.1) is 42.5 Å². The van der Waals surface area contributed by atoms with E-state index in [2.05, 4.69) is 22.0 Å². The number of carbonyl (C=O) groups is 1. The highest BCUT2D eigenvalue weighted by atomic mass is 16.3. The molecule has 2 aromatic carbocycles. The van der Waals surface area contributed by atoms with Crippen molar-refractivity contribution in [3.63, 3.8) is 0 Å². The minimum absolute atomic E-state index is 0.0357. The Morgan fingerprint density at radius 1 is 1.22 bits per heavy atom. The first-order chi connectivity index (χ1) is 19.5. The van der Waals surface area contributed by atoms with Crippen LogP contribution in [0.25, 0.3) is 11.3 Å². The van der Waals surface area contributed by atoms with Crippen LogP contribution in [0.5, 0.6) is 0 Å². The van der Waals surface area contributed by atoms with Gasteiger partial charge in [-0.3, -0.25) is 14.6 Å². The highest BCUT2D eigenvalue weighted by molar-refractivity contribution is 6.09. The molecule has 1 unspecified atom stereocenters. The van der Waals surface area contributed by atoms with Crippen molar-refractivity contribution in [3.8, 4) is 11.3 Å². The van der Waals surface area contributed by atoms with Crippen LogP contribution in [0.15, 0.2) is 64.8 Å². The van der Waals surface area contributed by atoms with Crippen molar-refractivity contribution < 1.29 is 15.0 Å². The summed E-state index contributed by atoms with van der Waals surface area (Å²) in [4.78, 5) is 34.7. The molecule has 0 saturated carbocycles. The molecular weight excluding hydrogens is 522 g/mol. The zero-order valence-corrected chi connectivity index (χ0v) is 24.1. The SMILES string of the molecule is C=C(/C=N\N(C)CC(C)O)Nc1nc(-c2cccc(N3CCc4cc(N(C)C)ccc4C3=O)c2CO)cn(C)c1=O. The van der Waals surface area contributed by atoms with E-state index in [0.717, 1.165) is 11.3 Å². The van der Waals surface area contributed by atoms with Gasteiger partial charge in [0, 0.05) is 63.3 Å². The molecule has 0 saturated heterocycles. The van der Waals surface area contributed by atoms with Gasteiger partial charge < -0.3 is 29.9 Å². The Hall–Kier alpha value is -4.48. The number of aromatic nitrogens is 2. The molecule has 2 heterocycles. The zero-order valence-electron chi connectivity index (χ0n) is 24.1. The van der Waals surface area contributed by atoms with Crippen molar-refractivity contribution in [1.29, 1.82) is 0 Å². The van der Waals surface area contributed by atoms with Gasteiger partial charge in [-0.05, 0) is 43.2 Å². The van der Waals surface area contributed by atoms with Crippen molar-refractivity contribution in [1.82, 2.24) is 14.6 Å². The Balaban J connectivity index is 1.66. The van der Waals surface area contributed by atoms with E-state index in [1.54, 1.807) is 43.2 Å². The number of likely N-dealkylation sites (N-methyl/N-ethyl adjacent to an activating group) is 1. The number of nitrogens with zero attached hydrogens (tertiary/aromatic N) is 6. The topological polar surface area (TPSA) is 127 Å². The van der Waals surface area contributed by atoms with Crippen LogP contribution >= 0.6 is 0 Å². The molecule has 3 aromatic rings. The average Bonchev–Trinajstić information content (AvgIpc) is 2.93. The van der Waals surface area contributed by atoms with Crippen LogP contribution in [0.2, 0.25) is 0 Å². The normalized spacial score (nSPS) is 13.7. The van der Waals surface area contributed by atoms with Crippen LogP contribution in [0.1, 0.15) is 28.4 Å². The minimum Gasteiger partial charge on any atom is -0.392 e. The van der Waals surface area contributed by atoms with Crippen LogP contribution < -0.4 is 20.7 Å². The number of carbonyl (C=O) groups excluding carboxylic acids is 1. The largest absolute Gasteiger partial charge is 0.392 e. The van der Waals surface area contributed by atoms with Crippen molar-refractivity contribution in [3.05, 3.63) is 81.9 Å². The molecule has 11 nitrogen and oxygen atoms in total. The molecule has 1 aliphatic heterocycles. The van der Waals surface area contributed by atoms with Gasteiger partial charge >= 0.3 is 0 Å². The van der Waals surface area contributed by atoms with Crippen molar-refractivity contribution in [2.75, 3.05) is 49.3 Å². The fourth-order valence-corrected chi connectivity index (χ4v) is 4.82. The third-order valence-electron chi connectivity index (χ3n) is 6.85. The summed E-state index contributed by atoms with van der Waals surface area (Å²) in [7, 11) is 7.26. The predicted octanol–water partition coefficient (Wildman–Crippen LogP) is 2.43.